The Balaban J connectivity index is 1.54. The molecule has 3 rings (SSSR count). The van der Waals surface area contributed by atoms with Crippen LogP contribution >= 0.6 is 0 Å². The predicted octanol–water partition coefficient (Wildman–Crippen LogP) is 2.60. The highest BCUT2D eigenvalue weighted by Gasteiger charge is 2.29. The van der Waals surface area contributed by atoms with Gasteiger partial charge in [-0.1, -0.05) is 6.07 Å². The van der Waals surface area contributed by atoms with E-state index in [0.29, 0.717) is 48.7 Å². The van der Waals surface area contributed by atoms with Gasteiger partial charge in [-0.3, -0.25) is 9.59 Å². The number of nitrogens with zero attached hydrogens (tertiary/aromatic N) is 1. The number of carbonyl (C=O) groups is 2. The summed E-state index contributed by atoms with van der Waals surface area (Å²) in [4.78, 5) is 27.3. The van der Waals surface area contributed by atoms with Crippen molar-refractivity contribution in [2.75, 3.05) is 27.3 Å². The summed E-state index contributed by atoms with van der Waals surface area (Å²) in [5.41, 5.74) is 0.408. The van der Waals surface area contributed by atoms with Crippen LogP contribution in [0.3, 0.4) is 0 Å². The second-order valence-corrected chi connectivity index (χ2v) is 7.37. The molecule has 2 aromatic carbocycles. The Bertz CT molecular complexity index is 885. The third kappa shape index (κ3) is 5.39. The summed E-state index contributed by atoms with van der Waals surface area (Å²) >= 11 is 0. The van der Waals surface area contributed by atoms with Gasteiger partial charge in [0.2, 0.25) is 0 Å². The lowest BCUT2D eigenvalue weighted by molar-refractivity contribution is -0.128. The van der Waals surface area contributed by atoms with Crippen LogP contribution < -0.4 is 19.5 Å². The van der Waals surface area contributed by atoms with Crippen molar-refractivity contribution in [2.45, 2.75) is 31.9 Å². The van der Waals surface area contributed by atoms with Crippen LogP contribution in [0.2, 0.25) is 0 Å². The van der Waals surface area contributed by atoms with Crippen molar-refractivity contribution in [1.29, 1.82) is 0 Å². The van der Waals surface area contributed by atoms with Gasteiger partial charge in [0.1, 0.15) is 28.6 Å². The standard InChI is InChI=1S/C23H28N2O6/c1-15(31-18-9-7-17(26)8-10-18)22(27)24-16-11-13-25(14-12-16)23(28)21-19(29-2)5-4-6-20(21)30-3/h4-10,15-16,26H,11-14H2,1-3H3,(H,24,27). The number of nitrogens with one attached hydrogen (secondary N) is 1. The Morgan fingerprint density at radius 1 is 1.03 bits per heavy atom. The Morgan fingerprint density at radius 3 is 2.16 bits per heavy atom. The van der Waals surface area contributed by atoms with Crippen LogP contribution in [-0.2, 0) is 4.79 Å². The van der Waals surface area contributed by atoms with Gasteiger partial charge in [-0.2, -0.15) is 0 Å². The van der Waals surface area contributed by atoms with Gasteiger partial charge in [0.25, 0.3) is 11.8 Å². The summed E-state index contributed by atoms with van der Waals surface area (Å²) in [5.74, 6) is 1.22. The molecule has 31 heavy (non-hydrogen) atoms. The van der Waals surface area contributed by atoms with E-state index in [1.54, 1.807) is 42.2 Å². The zero-order valence-electron chi connectivity index (χ0n) is 18.0. The first kappa shape index (κ1) is 22.3. The molecule has 2 amide bonds. The molecule has 1 atom stereocenters. The molecule has 1 unspecified atom stereocenters. The molecule has 2 N–H and O–H groups in total. The smallest absolute Gasteiger partial charge is 0.261 e. The average Bonchev–Trinajstić information content (AvgIpc) is 2.79. The molecule has 0 radical (unpaired) electrons. The Kier molecular flexibility index (Phi) is 7.23. The number of phenols is 1. The molecule has 1 fully saturated rings. The number of hydrogen-bond donors (Lipinski definition) is 2. The maximum absolute atomic E-state index is 13.1. The van der Waals surface area contributed by atoms with Crippen molar-refractivity contribution in [3.8, 4) is 23.0 Å². The molecule has 0 saturated carbocycles. The molecule has 0 spiro atoms. The minimum atomic E-state index is -0.679. The van der Waals surface area contributed by atoms with Gasteiger partial charge in [0.15, 0.2) is 6.10 Å². The Hall–Kier alpha value is -3.42. The molecule has 1 aliphatic rings. The fourth-order valence-corrected chi connectivity index (χ4v) is 3.55. The lowest BCUT2D eigenvalue weighted by Crippen LogP contribution is -2.49. The summed E-state index contributed by atoms with van der Waals surface area (Å²) in [6.45, 7) is 2.70. The van der Waals surface area contributed by atoms with Gasteiger partial charge in [-0.05, 0) is 56.2 Å². The molecule has 8 heteroatoms. The molecule has 0 aliphatic carbocycles. The molecular formula is C23H28N2O6. The minimum Gasteiger partial charge on any atom is -0.508 e. The quantitative estimate of drug-likeness (QED) is 0.704. The third-order valence-corrected chi connectivity index (χ3v) is 5.29. The molecule has 0 aromatic heterocycles. The average molecular weight is 428 g/mol. The first-order chi connectivity index (χ1) is 14.9. The van der Waals surface area contributed by atoms with Crippen LogP contribution in [0.15, 0.2) is 42.5 Å². The number of ether oxygens (including phenoxy) is 3. The normalized spacial score (nSPS) is 15.1. The minimum absolute atomic E-state index is 0.0398. The van der Waals surface area contributed by atoms with E-state index < -0.39 is 6.10 Å². The second-order valence-electron chi connectivity index (χ2n) is 7.37. The van der Waals surface area contributed by atoms with Crippen molar-refractivity contribution in [2.24, 2.45) is 0 Å². The molecule has 166 valence electrons. The van der Waals surface area contributed by atoms with Crippen LogP contribution in [-0.4, -0.2) is 61.3 Å². The molecule has 1 aliphatic heterocycles. The number of methoxy groups -OCH3 is 2. The molecule has 1 saturated heterocycles. The van der Waals surface area contributed by atoms with Crippen molar-refractivity contribution in [3.05, 3.63) is 48.0 Å². The van der Waals surface area contributed by atoms with E-state index in [-0.39, 0.29) is 23.6 Å². The topological polar surface area (TPSA) is 97.3 Å². The fourth-order valence-electron chi connectivity index (χ4n) is 3.55. The van der Waals surface area contributed by atoms with E-state index in [1.165, 1.54) is 26.4 Å². The van der Waals surface area contributed by atoms with Crippen LogP contribution in [0, 0.1) is 0 Å². The maximum Gasteiger partial charge on any atom is 0.261 e. The summed E-state index contributed by atoms with van der Waals surface area (Å²) in [6.07, 6.45) is 0.601. The second kappa shape index (κ2) is 10.1. The van der Waals surface area contributed by atoms with Gasteiger partial charge >= 0.3 is 0 Å². The van der Waals surface area contributed by atoms with Crippen molar-refractivity contribution < 1.29 is 28.9 Å². The van der Waals surface area contributed by atoms with Crippen LogP contribution in [0.5, 0.6) is 23.0 Å². The third-order valence-electron chi connectivity index (χ3n) is 5.29. The summed E-state index contributed by atoms with van der Waals surface area (Å²) in [6, 6.07) is 11.4. The van der Waals surface area contributed by atoms with E-state index in [0.717, 1.165) is 0 Å². The largest absolute Gasteiger partial charge is 0.508 e. The van der Waals surface area contributed by atoms with Crippen molar-refractivity contribution in [3.63, 3.8) is 0 Å². The first-order valence-electron chi connectivity index (χ1n) is 10.2. The van der Waals surface area contributed by atoms with Gasteiger partial charge in [0, 0.05) is 19.1 Å². The maximum atomic E-state index is 13.1. The monoisotopic (exact) mass is 428 g/mol. The van der Waals surface area contributed by atoms with E-state index >= 15 is 0 Å². The highest BCUT2D eigenvalue weighted by atomic mass is 16.5. The fraction of sp³-hybridized carbons (Fsp3) is 0.391. The van der Waals surface area contributed by atoms with Crippen LogP contribution in [0.1, 0.15) is 30.1 Å². The number of hydrogen-bond acceptors (Lipinski definition) is 6. The van der Waals surface area contributed by atoms with Crippen molar-refractivity contribution in [1.82, 2.24) is 10.2 Å². The highest BCUT2D eigenvalue weighted by molar-refractivity contribution is 5.99. The summed E-state index contributed by atoms with van der Waals surface area (Å²) < 4.78 is 16.3. The van der Waals surface area contributed by atoms with Gasteiger partial charge in [-0.15, -0.1) is 0 Å². The molecule has 8 nitrogen and oxygen atoms in total. The van der Waals surface area contributed by atoms with Gasteiger partial charge in [0.05, 0.1) is 14.2 Å². The highest BCUT2D eigenvalue weighted by Crippen LogP contribution is 2.30. The number of carbonyl (C=O) groups excluding carboxylic acids is 2. The Labute approximate surface area is 181 Å². The number of amides is 2. The predicted molar refractivity (Wildman–Crippen MR) is 115 cm³/mol. The zero-order chi connectivity index (χ0) is 22.4. The lowest BCUT2D eigenvalue weighted by atomic mass is 10.0. The number of benzene rings is 2. The Morgan fingerprint density at radius 2 is 1.61 bits per heavy atom. The summed E-state index contributed by atoms with van der Waals surface area (Å²) in [7, 11) is 3.05. The first-order valence-corrected chi connectivity index (χ1v) is 10.2. The van der Waals surface area contributed by atoms with Crippen LogP contribution in [0.25, 0.3) is 0 Å². The SMILES string of the molecule is COc1cccc(OC)c1C(=O)N1CCC(NC(=O)C(C)Oc2ccc(O)cc2)CC1. The number of rotatable bonds is 7. The van der Waals surface area contributed by atoms with E-state index in [1.807, 2.05) is 0 Å². The van der Waals surface area contributed by atoms with Gasteiger partial charge < -0.3 is 29.5 Å². The van der Waals surface area contributed by atoms with Gasteiger partial charge in [-0.25, -0.2) is 0 Å². The molecule has 0 bridgehead atoms. The number of aromatic hydroxyl groups is 1. The van der Waals surface area contributed by atoms with Crippen LogP contribution in [0.4, 0.5) is 0 Å². The summed E-state index contributed by atoms with van der Waals surface area (Å²) in [5, 5.41) is 12.3. The molecule has 2 aromatic rings. The van der Waals surface area contributed by atoms with E-state index in [9.17, 15) is 14.7 Å². The molecule has 1 heterocycles. The molecular weight excluding hydrogens is 400 g/mol. The number of phenolic OH excluding ortho intramolecular Hbond substituents is 1. The number of piperidine rings is 1. The van der Waals surface area contributed by atoms with E-state index in [4.69, 9.17) is 14.2 Å². The lowest BCUT2D eigenvalue weighted by Gasteiger charge is -2.33. The number of likely N-dealkylation sites (tertiary alicyclic amines) is 1. The van der Waals surface area contributed by atoms with E-state index in [2.05, 4.69) is 5.32 Å². The van der Waals surface area contributed by atoms with Crippen molar-refractivity contribution >= 4 is 11.8 Å². The zero-order valence-corrected chi connectivity index (χ0v) is 18.0.